The summed E-state index contributed by atoms with van der Waals surface area (Å²) in [5, 5.41) is 1.05. The molecule has 1 amide bonds. The van der Waals surface area contributed by atoms with Crippen molar-refractivity contribution in [1.82, 2.24) is 9.47 Å². The molecule has 0 N–H and O–H groups in total. The molecule has 1 saturated heterocycles. The van der Waals surface area contributed by atoms with Crippen LogP contribution in [-0.4, -0.2) is 47.3 Å². The van der Waals surface area contributed by atoms with Gasteiger partial charge in [0.1, 0.15) is 5.60 Å². The maximum Gasteiger partial charge on any atom is 0.410 e. The van der Waals surface area contributed by atoms with E-state index < -0.39 is 5.60 Å². The van der Waals surface area contributed by atoms with Crippen molar-refractivity contribution in [3.8, 4) is 0 Å². The van der Waals surface area contributed by atoms with Crippen molar-refractivity contribution in [2.75, 3.05) is 20.2 Å². The third kappa shape index (κ3) is 3.09. The molecule has 6 nitrogen and oxygen atoms in total. The molecule has 1 aliphatic rings. The summed E-state index contributed by atoms with van der Waals surface area (Å²) in [6.45, 7) is 6.77. The van der Waals surface area contributed by atoms with Crippen LogP contribution in [0.4, 0.5) is 4.79 Å². The van der Waals surface area contributed by atoms with Gasteiger partial charge in [-0.25, -0.2) is 9.59 Å². The molecule has 1 aliphatic heterocycles. The molecule has 1 aromatic heterocycles. The zero-order chi connectivity index (χ0) is 17.5. The number of likely N-dealkylation sites (tertiary alicyclic amines) is 1. The number of hydrogen-bond acceptors (Lipinski definition) is 4. The number of esters is 1. The third-order valence-corrected chi connectivity index (χ3v) is 4.05. The molecule has 6 heteroatoms. The molecule has 3 rings (SSSR count). The van der Waals surface area contributed by atoms with E-state index >= 15 is 0 Å². The van der Waals surface area contributed by atoms with E-state index in [1.165, 1.54) is 7.11 Å². The number of methoxy groups -OCH3 is 1. The standard InChI is InChI=1S/C18H22N2O4/c1-18(2,3)24-17(22)19-10-14(11-19)20-8-7-12-5-6-13(9-15(12)20)16(21)23-4/h5-9,14H,10-11H2,1-4H3. The number of hydrogen-bond donors (Lipinski definition) is 0. The number of fused-ring (bicyclic) bond motifs is 1. The Morgan fingerprint density at radius 3 is 2.50 bits per heavy atom. The highest BCUT2D eigenvalue weighted by Gasteiger charge is 2.35. The summed E-state index contributed by atoms with van der Waals surface area (Å²) in [5.41, 5.74) is 0.998. The van der Waals surface area contributed by atoms with E-state index in [1.807, 2.05) is 45.2 Å². The van der Waals surface area contributed by atoms with Crippen LogP contribution in [0.3, 0.4) is 0 Å². The van der Waals surface area contributed by atoms with E-state index in [0.717, 1.165) is 10.9 Å². The lowest BCUT2D eigenvalue weighted by Crippen LogP contribution is -2.52. The van der Waals surface area contributed by atoms with E-state index in [4.69, 9.17) is 9.47 Å². The molecule has 0 saturated carbocycles. The number of aromatic nitrogens is 1. The Kier molecular flexibility index (Phi) is 3.99. The molecule has 0 atom stereocenters. The molecule has 2 aromatic rings. The van der Waals surface area contributed by atoms with E-state index in [9.17, 15) is 9.59 Å². The van der Waals surface area contributed by atoms with Crippen molar-refractivity contribution in [2.45, 2.75) is 32.4 Å². The normalized spacial score (nSPS) is 15.2. The average Bonchev–Trinajstić information content (AvgIpc) is 2.86. The summed E-state index contributed by atoms with van der Waals surface area (Å²) in [6, 6.07) is 7.68. The number of carbonyl (C=O) groups excluding carboxylic acids is 2. The molecular formula is C18H22N2O4. The maximum atomic E-state index is 12.0. The maximum absolute atomic E-state index is 12.0. The molecule has 0 radical (unpaired) electrons. The monoisotopic (exact) mass is 330 g/mol. The first-order valence-corrected chi connectivity index (χ1v) is 7.95. The molecule has 1 fully saturated rings. The van der Waals surface area contributed by atoms with Gasteiger partial charge < -0.3 is 18.9 Å². The van der Waals surface area contributed by atoms with Gasteiger partial charge in [-0.05, 0) is 44.4 Å². The minimum atomic E-state index is -0.488. The van der Waals surface area contributed by atoms with Crippen LogP contribution in [0.2, 0.25) is 0 Å². The summed E-state index contributed by atoms with van der Waals surface area (Å²) < 4.78 is 12.3. The van der Waals surface area contributed by atoms with Crippen LogP contribution in [0.1, 0.15) is 37.2 Å². The quantitative estimate of drug-likeness (QED) is 0.793. The van der Waals surface area contributed by atoms with Gasteiger partial charge in [-0.15, -0.1) is 0 Å². The summed E-state index contributed by atoms with van der Waals surface area (Å²) in [6.07, 6.45) is 1.70. The second-order valence-corrected chi connectivity index (χ2v) is 7.03. The van der Waals surface area contributed by atoms with Gasteiger partial charge in [0.15, 0.2) is 0 Å². The Morgan fingerprint density at radius 1 is 1.17 bits per heavy atom. The van der Waals surface area contributed by atoms with Crippen molar-refractivity contribution in [1.29, 1.82) is 0 Å². The number of rotatable bonds is 2. The average molecular weight is 330 g/mol. The van der Waals surface area contributed by atoms with Crippen molar-refractivity contribution < 1.29 is 19.1 Å². The summed E-state index contributed by atoms with van der Waals surface area (Å²) >= 11 is 0. The largest absolute Gasteiger partial charge is 0.465 e. The molecule has 128 valence electrons. The Hall–Kier alpha value is -2.50. The SMILES string of the molecule is COC(=O)c1ccc2ccn(C3CN(C(=O)OC(C)(C)C)C3)c2c1. The van der Waals surface area contributed by atoms with E-state index in [1.54, 1.807) is 11.0 Å². The van der Waals surface area contributed by atoms with Crippen molar-refractivity contribution in [3.05, 3.63) is 36.0 Å². The van der Waals surface area contributed by atoms with E-state index in [2.05, 4.69) is 4.57 Å². The fourth-order valence-electron chi connectivity index (χ4n) is 2.82. The topological polar surface area (TPSA) is 60.8 Å². The van der Waals surface area contributed by atoms with Crippen LogP contribution in [-0.2, 0) is 9.47 Å². The number of amides is 1. The van der Waals surface area contributed by atoms with Crippen LogP contribution in [0.15, 0.2) is 30.5 Å². The summed E-state index contributed by atoms with van der Waals surface area (Å²) in [4.78, 5) is 25.4. The van der Waals surface area contributed by atoms with Crippen LogP contribution in [0.5, 0.6) is 0 Å². The predicted molar refractivity (Wildman–Crippen MR) is 90.1 cm³/mol. The number of benzene rings is 1. The Balaban J connectivity index is 1.75. The fraction of sp³-hybridized carbons (Fsp3) is 0.444. The third-order valence-electron chi connectivity index (χ3n) is 4.05. The second kappa shape index (κ2) is 5.85. The number of carbonyl (C=O) groups is 2. The first-order chi connectivity index (χ1) is 11.3. The van der Waals surface area contributed by atoms with E-state index in [0.29, 0.717) is 18.7 Å². The molecule has 0 aliphatic carbocycles. The lowest BCUT2D eigenvalue weighted by molar-refractivity contribution is 0.00157. The van der Waals surface area contributed by atoms with Crippen molar-refractivity contribution >= 4 is 23.0 Å². The van der Waals surface area contributed by atoms with Gasteiger partial charge in [0, 0.05) is 24.8 Å². The lowest BCUT2D eigenvalue weighted by Gasteiger charge is -2.40. The van der Waals surface area contributed by atoms with E-state index in [-0.39, 0.29) is 18.1 Å². The molecule has 0 spiro atoms. The summed E-state index contributed by atoms with van der Waals surface area (Å²) in [7, 11) is 1.37. The van der Waals surface area contributed by atoms with Gasteiger partial charge in [0.05, 0.1) is 18.7 Å². The highest BCUT2D eigenvalue weighted by molar-refractivity contribution is 5.94. The fourth-order valence-corrected chi connectivity index (χ4v) is 2.82. The first kappa shape index (κ1) is 16.4. The van der Waals surface area contributed by atoms with Gasteiger partial charge in [-0.3, -0.25) is 0 Å². The summed E-state index contributed by atoms with van der Waals surface area (Å²) in [5.74, 6) is -0.353. The Bertz CT molecular complexity index is 782. The second-order valence-electron chi connectivity index (χ2n) is 7.03. The van der Waals surface area contributed by atoms with Gasteiger partial charge in [0.2, 0.25) is 0 Å². The Morgan fingerprint density at radius 2 is 1.88 bits per heavy atom. The zero-order valence-corrected chi connectivity index (χ0v) is 14.4. The first-order valence-electron chi connectivity index (χ1n) is 7.95. The number of nitrogens with zero attached hydrogens (tertiary/aromatic N) is 2. The minimum absolute atomic E-state index is 0.183. The Labute approximate surface area is 140 Å². The zero-order valence-electron chi connectivity index (χ0n) is 14.4. The van der Waals surface area contributed by atoms with Gasteiger partial charge in [-0.1, -0.05) is 6.07 Å². The predicted octanol–water partition coefficient (Wildman–Crippen LogP) is 3.22. The van der Waals surface area contributed by atoms with Crippen LogP contribution in [0, 0.1) is 0 Å². The molecule has 0 bridgehead atoms. The number of ether oxygens (including phenoxy) is 2. The molecule has 2 heterocycles. The van der Waals surface area contributed by atoms with Crippen LogP contribution >= 0.6 is 0 Å². The highest BCUT2D eigenvalue weighted by Crippen LogP contribution is 2.29. The molecular weight excluding hydrogens is 308 g/mol. The minimum Gasteiger partial charge on any atom is -0.465 e. The van der Waals surface area contributed by atoms with Crippen LogP contribution in [0.25, 0.3) is 10.9 Å². The molecule has 24 heavy (non-hydrogen) atoms. The smallest absolute Gasteiger partial charge is 0.410 e. The lowest BCUT2D eigenvalue weighted by atomic mass is 10.1. The van der Waals surface area contributed by atoms with Crippen molar-refractivity contribution in [2.24, 2.45) is 0 Å². The van der Waals surface area contributed by atoms with Gasteiger partial charge in [-0.2, -0.15) is 0 Å². The highest BCUT2D eigenvalue weighted by atomic mass is 16.6. The van der Waals surface area contributed by atoms with Gasteiger partial charge >= 0.3 is 12.1 Å². The molecule has 1 aromatic carbocycles. The van der Waals surface area contributed by atoms with Gasteiger partial charge in [0.25, 0.3) is 0 Å². The van der Waals surface area contributed by atoms with Crippen molar-refractivity contribution in [3.63, 3.8) is 0 Å². The van der Waals surface area contributed by atoms with Crippen LogP contribution < -0.4 is 0 Å². The molecule has 0 unspecified atom stereocenters.